The minimum atomic E-state index is -0.429. The number of amides is 1. The summed E-state index contributed by atoms with van der Waals surface area (Å²) in [5.41, 5.74) is 2.37. The molecule has 28 heavy (non-hydrogen) atoms. The van der Waals surface area contributed by atoms with Gasteiger partial charge in [-0.2, -0.15) is 0 Å². The fraction of sp³-hybridized carbons (Fsp3) is 0.227. The highest BCUT2D eigenvalue weighted by atomic mass is 35.5. The molecule has 0 N–H and O–H groups in total. The van der Waals surface area contributed by atoms with E-state index in [9.17, 15) is 9.18 Å². The van der Waals surface area contributed by atoms with Crippen molar-refractivity contribution in [3.05, 3.63) is 94.5 Å². The molecule has 0 aliphatic rings. The Kier molecular flexibility index (Phi) is 6.85. The third-order valence-corrected chi connectivity index (χ3v) is 4.68. The summed E-state index contributed by atoms with van der Waals surface area (Å²) >= 11 is 6.08. The van der Waals surface area contributed by atoms with Crippen LogP contribution in [0, 0.1) is 5.82 Å². The van der Waals surface area contributed by atoms with Crippen LogP contribution in [0.15, 0.2) is 66.9 Å². The topological polar surface area (TPSA) is 34.5 Å². The van der Waals surface area contributed by atoms with E-state index in [1.165, 1.54) is 12.1 Å². The number of carbonyl (C=O) groups is 1. The van der Waals surface area contributed by atoms with Crippen LogP contribution in [0.1, 0.15) is 21.6 Å². The molecule has 0 bridgehead atoms. The van der Waals surface area contributed by atoms with E-state index in [0.717, 1.165) is 11.3 Å². The second kappa shape index (κ2) is 9.53. The van der Waals surface area contributed by atoms with Gasteiger partial charge in [0, 0.05) is 42.7 Å². The number of hydrogen-bond donors (Lipinski definition) is 0. The van der Waals surface area contributed by atoms with Gasteiger partial charge in [0.2, 0.25) is 0 Å². The zero-order chi connectivity index (χ0) is 19.9. The molecule has 0 atom stereocenters. The number of hydrogen-bond acceptors (Lipinski definition) is 2. The number of halogens is 2. The number of ether oxygens (including phenoxy) is 1. The molecule has 2 aromatic carbocycles. The monoisotopic (exact) mass is 400 g/mol. The molecule has 3 rings (SSSR count). The Bertz CT molecular complexity index is 942. The third-order valence-electron chi connectivity index (χ3n) is 4.44. The van der Waals surface area contributed by atoms with Crippen molar-refractivity contribution in [1.82, 2.24) is 9.47 Å². The minimum absolute atomic E-state index is 0.230. The van der Waals surface area contributed by atoms with Gasteiger partial charge in [0.15, 0.2) is 0 Å². The molecule has 146 valence electrons. The molecule has 0 radical (unpaired) electrons. The minimum Gasteiger partial charge on any atom is -0.383 e. The molecule has 1 aromatic heterocycles. The van der Waals surface area contributed by atoms with Gasteiger partial charge in [0.1, 0.15) is 5.82 Å². The van der Waals surface area contributed by atoms with Gasteiger partial charge in [0.05, 0.1) is 13.2 Å². The molecule has 0 fully saturated rings. The van der Waals surface area contributed by atoms with Crippen LogP contribution >= 0.6 is 11.6 Å². The maximum Gasteiger partial charge on any atom is 0.254 e. The molecule has 0 saturated carbocycles. The van der Waals surface area contributed by atoms with Crippen molar-refractivity contribution in [2.45, 2.75) is 13.1 Å². The van der Waals surface area contributed by atoms with E-state index in [4.69, 9.17) is 16.3 Å². The van der Waals surface area contributed by atoms with Crippen molar-refractivity contribution < 1.29 is 13.9 Å². The number of benzene rings is 2. The first-order chi connectivity index (χ1) is 13.6. The molecule has 6 heteroatoms. The van der Waals surface area contributed by atoms with Gasteiger partial charge >= 0.3 is 0 Å². The second-order valence-electron chi connectivity index (χ2n) is 6.49. The maximum absolute atomic E-state index is 13.5. The first-order valence-corrected chi connectivity index (χ1v) is 9.37. The van der Waals surface area contributed by atoms with Crippen molar-refractivity contribution in [2.24, 2.45) is 0 Å². The van der Waals surface area contributed by atoms with Crippen LogP contribution in [0.4, 0.5) is 4.39 Å². The average molecular weight is 401 g/mol. The molecule has 3 aromatic rings. The summed E-state index contributed by atoms with van der Waals surface area (Å²) in [4.78, 5) is 14.6. The van der Waals surface area contributed by atoms with Gasteiger partial charge in [-0.05, 0) is 48.0 Å². The van der Waals surface area contributed by atoms with Crippen LogP contribution in [0.3, 0.4) is 0 Å². The van der Waals surface area contributed by atoms with Crippen molar-refractivity contribution in [2.75, 3.05) is 20.3 Å². The number of carbonyl (C=O) groups excluding carboxylic acids is 1. The first-order valence-electron chi connectivity index (χ1n) is 8.99. The lowest BCUT2D eigenvalue weighted by Crippen LogP contribution is -2.34. The zero-order valence-corrected chi connectivity index (χ0v) is 16.4. The number of nitrogens with zero attached hydrogens (tertiary/aromatic N) is 2. The summed E-state index contributed by atoms with van der Waals surface area (Å²) in [7, 11) is 1.59. The van der Waals surface area contributed by atoms with Gasteiger partial charge in [0.25, 0.3) is 5.91 Å². The molecule has 1 heterocycles. The Morgan fingerprint density at radius 2 is 1.96 bits per heavy atom. The highest BCUT2D eigenvalue weighted by Crippen LogP contribution is 2.16. The summed E-state index contributed by atoms with van der Waals surface area (Å²) in [5, 5.41) is 0.689. The van der Waals surface area contributed by atoms with Crippen molar-refractivity contribution in [1.29, 1.82) is 0 Å². The standard InChI is InChI=1S/C22H22ClFN2O2/c1-28-12-11-26(22(27)18-6-3-8-20(24)14-18)16-21-9-4-10-25(21)15-17-5-2-7-19(23)13-17/h2-10,13-14H,11-12,15-16H2,1H3. The van der Waals surface area contributed by atoms with E-state index in [-0.39, 0.29) is 5.91 Å². The highest BCUT2D eigenvalue weighted by Gasteiger charge is 2.18. The molecular weight excluding hydrogens is 379 g/mol. The highest BCUT2D eigenvalue weighted by molar-refractivity contribution is 6.30. The van der Waals surface area contributed by atoms with Crippen molar-refractivity contribution >= 4 is 17.5 Å². The predicted molar refractivity (Wildman–Crippen MR) is 108 cm³/mol. The lowest BCUT2D eigenvalue weighted by molar-refractivity contribution is 0.0675. The summed E-state index contributed by atoms with van der Waals surface area (Å²) in [6.07, 6.45) is 1.97. The normalized spacial score (nSPS) is 10.8. The van der Waals surface area contributed by atoms with Crippen LogP contribution in [-0.2, 0) is 17.8 Å². The Hall–Kier alpha value is -2.63. The lowest BCUT2D eigenvalue weighted by Gasteiger charge is -2.23. The number of aromatic nitrogens is 1. The van der Waals surface area contributed by atoms with Crippen molar-refractivity contribution in [3.8, 4) is 0 Å². The molecule has 0 aliphatic carbocycles. The quantitative estimate of drug-likeness (QED) is 0.553. The number of rotatable bonds is 8. The van der Waals surface area contributed by atoms with Crippen LogP contribution in [0.25, 0.3) is 0 Å². The van der Waals surface area contributed by atoms with E-state index in [2.05, 4.69) is 4.57 Å². The summed E-state index contributed by atoms with van der Waals surface area (Å²) in [6.45, 7) is 1.85. The smallest absolute Gasteiger partial charge is 0.254 e. The van der Waals surface area contributed by atoms with E-state index < -0.39 is 5.82 Å². The zero-order valence-electron chi connectivity index (χ0n) is 15.6. The fourth-order valence-electron chi connectivity index (χ4n) is 3.03. The summed E-state index contributed by atoms with van der Waals surface area (Å²) in [5.74, 6) is -0.658. The summed E-state index contributed by atoms with van der Waals surface area (Å²) < 4.78 is 20.8. The first kappa shape index (κ1) is 20.1. The van der Waals surface area contributed by atoms with E-state index in [1.807, 2.05) is 42.6 Å². The molecule has 1 amide bonds. The van der Waals surface area contributed by atoms with Gasteiger partial charge in [-0.25, -0.2) is 4.39 Å². The maximum atomic E-state index is 13.5. The predicted octanol–water partition coefficient (Wildman–Crippen LogP) is 4.62. The van der Waals surface area contributed by atoms with E-state index >= 15 is 0 Å². The van der Waals surface area contributed by atoms with Crippen molar-refractivity contribution in [3.63, 3.8) is 0 Å². The Labute approximate surface area is 169 Å². The van der Waals surface area contributed by atoms with Gasteiger partial charge in [-0.1, -0.05) is 29.8 Å². The largest absolute Gasteiger partial charge is 0.383 e. The molecular formula is C22H22ClFN2O2. The average Bonchev–Trinajstić information content (AvgIpc) is 3.11. The van der Waals surface area contributed by atoms with Crippen LogP contribution in [0.2, 0.25) is 5.02 Å². The Morgan fingerprint density at radius 1 is 1.14 bits per heavy atom. The third kappa shape index (κ3) is 5.21. The Morgan fingerprint density at radius 3 is 2.71 bits per heavy atom. The second-order valence-corrected chi connectivity index (χ2v) is 6.92. The fourth-order valence-corrected chi connectivity index (χ4v) is 3.25. The Balaban J connectivity index is 1.80. The van der Waals surface area contributed by atoms with Gasteiger partial charge < -0.3 is 14.2 Å². The molecule has 0 unspecified atom stereocenters. The molecule has 0 saturated heterocycles. The van der Waals surface area contributed by atoms with E-state index in [0.29, 0.717) is 36.8 Å². The molecule has 4 nitrogen and oxygen atoms in total. The lowest BCUT2D eigenvalue weighted by atomic mass is 10.2. The van der Waals surface area contributed by atoms with E-state index in [1.54, 1.807) is 24.1 Å². The number of methoxy groups -OCH3 is 1. The van der Waals surface area contributed by atoms with Crippen LogP contribution in [0.5, 0.6) is 0 Å². The molecule has 0 spiro atoms. The van der Waals surface area contributed by atoms with Crippen LogP contribution < -0.4 is 0 Å². The summed E-state index contributed by atoms with van der Waals surface area (Å²) in [6, 6.07) is 17.4. The van der Waals surface area contributed by atoms with Crippen LogP contribution in [-0.4, -0.2) is 35.6 Å². The molecule has 0 aliphatic heterocycles. The SMILES string of the molecule is COCCN(Cc1cccn1Cc1cccc(Cl)c1)C(=O)c1cccc(F)c1. The van der Waals surface area contributed by atoms with Gasteiger partial charge in [-0.3, -0.25) is 4.79 Å². The van der Waals surface area contributed by atoms with Gasteiger partial charge in [-0.15, -0.1) is 0 Å².